The SMILES string of the molecule is CC(OOC(=O)Oc1ccccc1[N+](=O)[O-])[Si](C)(C)C. The van der Waals surface area contributed by atoms with Crippen LogP contribution in [0.1, 0.15) is 6.92 Å². The molecule has 0 saturated heterocycles. The molecular weight excluding hydrogens is 282 g/mol. The summed E-state index contributed by atoms with van der Waals surface area (Å²) in [6.07, 6.45) is -1.13. The lowest BCUT2D eigenvalue weighted by molar-refractivity contribution is -0.385. The Morgan fingerprint density at radius 1 is 1.30 bits per heavy atom. The highest BCUT2D eigenvalue weighted by Crippen LogP contribution is 2.26. The van der Waals surface area contributed by atoms with Crippen molar-refractivity contribution in [2.75, 3.05) is 0 Å². The van der Waals surface area contributed by atoms with Crippen molar-refractivity contribution in [3.05, 3.63) is 34.4 Å². The lowest BCUT2D eigenvalue weighted by atomic mass is 10.3. The number of ether oxygens (including phenoxy) is 1. The average molecular weight is 299 g/mol. The second-order valence-corrected chi connectivity index (χ2v) is 10.8. The van der Waals surface area contributed by atoms with Gasteiger partial charge >= 0.3 is 11.8 Å². The summed E-state index contributed by atoms with van der Waals surface area (Å²) < 4.78 is 4.76. The number of rotatable bonds is 5. The van der Waals surface area contributed by atoms with E-state index in [9.17, 15) is 14.9 Å². The molecule has 7 nitrogen and oxygen atoms in total. The van der Waals surface area contributed by atoms with Crippen LogP contribution in [-0.4, -0.2) is 24.9 Å². The maximum Gasteiger partial charge on any atom is 0.546 e. The van der Waals surface area contributed by atoms with Crippen LogP contribution in [0, 0.1) is 10.1 Å². The summed E-state index contributed by atoms with van der Waals surface area (Å²) in [4.78, 5) is 31.0. The second kappa shape index (κ2) is 6.48. The van der Waals surface area contributed by atoms with E-state index in [1.54, 1.807) is 6.92 Å². The highest BCUT2D eigenvalue weighted by atomic mass is 28.3. The van der Waals surface area contributed by atoms with Crippen LogP contribution in [0.25, 0.3) is 0 Å². The van der Waals surface area contributed by atoms with Crippen molar-refractivity contribution in [2.45, 2.75) is 32.3 Å². The molecule has 0 spiro atoms. The molecule has 8 heteroatoms. The molecule has 0 radical (unpaired) electrons. The minimum absolute atomic E-state index is 0.188. The lowest BCUT2D eigenvalue weighted by Gasteiger charge is -2.22. The number of nitro groups is 1. The number of benzene rings is 1. The predicted molar refractivity (Wildman–Crippen MR) is 74.1 cm³/mol. The van der Waals surface area contributed by atoms with Crippen molar-refractivity contribution in [1.82, 2.24) is 0 Å². The van der Waals surface area contributed by atoms with E-state index in [2.05, 4.69) is 4.89 Å². The van der Waals surface area contributed by atoms with Crippen molar-refractivity contribution in [2.24, 2.45) is 0 Å². The molecule has 0 amide bonds. The first-order valence-electron chi connectivity index (χ1n) is 6.00. The Bertz CT molecular complexity index is 499. The van der Waals surface area contributed by atoms with Crippen molar-refractivity contribution >= 4 is 19.9 Å². The zero-order valence-electron chi connectivity index (χ0n) is 11.8. The zero-order chi connectivity index (χ0) is 15.3. The number of hydrogen-bond donors (Lipinski definition) is 0. The van der Waals surface area contributed by atoms with Crippen LogP contribution >= 0.6 is 0 Å². The molecular formula is C12H17NO6Si. The molecule has 1 atom stereocenters. The third kappa shape index (κ3) is 4.63. The van der Waals surface area contributed by atoms with E-state index >= 15 is 0 Å². The first-order chi connectivity index (χ1) is 9.21. The number of hydrogen-bond acceptors (Lipinski definition) is 6. The summed E-state index contributed by atoms with van der Waals surface area (Å²) >= 11 is 0. The van der Waals surface area contributed by atoms with Crippen LogP contribution in [-0.2, 0) is 9.78 Å². The van der Waals surface area contributed by atoms with Crippen molar-refractivity contribution < 1.29 is 24.2 Å². The average Bonchev–Trinajstić information content (AvgIpc) is 2.35. The molecule has 1 rings (SSSR count). The molecule has 0 aliphatic heterocycles. The topological polar surface area (TPSA) is 87.9 Å². The van der Waals surface area contributed by atoms with Gasteiger partial charge in [-0.25, -0.2) is 4.79 Å². The fourth-order valence-corrected chi connectivity index (χ4v) is 1.39. The first kappa shape index (κ1) is 16.1. The van der Waals surface area contributed by atoms with Gasteiger partial charge in [0.25, 0.3) is 0 Å². The quantitative estimate of drug-likeness (QED) is 0.207. The molecule has 0 heterocycles. The Morgan fingerprint density at radius 2 is 1.90 bits per heavy atom. The molecule has 1 aromatic carbocycles. The third-order valence-electron chi connectivity index (χ3n) is 2.74. The molecule has 0 fully saturated rings. The van der Waals surface area contributed by atoms with E-state index in [4.69, 9.17) is 9.62 Å². The molecule has 1 unspecified atom stereocenters. The monoisotopic (exact) mass is 299 g/mol. The van der Waals surface area contributed by atoms with Crippen LogP contribution < -0.4 is 4.74 Å². The molecule has 1 aromatic rings. The van der Waals surface area contributed by atoms with Crippen LogP contribution in [0.4, 0.5) is 10.5 Å². The number of nitro benzene ring substituents is 1. The number of carbonyl (C=O) groups excluding carboxylic acids is 1. The number of carbonyl (C=O) groups is 1. The highest BCUT2D eigenvalue weighted by molar-refractivity contribution is 6.77. The van der Waals surface area contributed by atoms with E-state index in [-0.39, 0.29) is 17.2 Å². The normalized spacial score (nSPS) is 12.6. The van der Waals surface area contributed by atoms with Gasteiger partial charge in [0.05, 0.1) is 18.7 Å². The van der Waals surface area contributed by atoms with Crippen molar-refractivity contribution in [3.63, 3.8) is 0 Å². The van der Waals surface area contributed by atoms with Crippen LogP contribution in [0.5, 0.6) is 5.75 Å². The van der Waals surface area contributed by atoms with Gasteiger partial charge in [0, 0.05) is 6.07 Å². The predicted octanol–water partition coefficient (Wildman–Crippen LogP) is 3.31. The van der Waals surface area contributed by atoms with Crippen LogP contribution in [0.2, 0.25) is 19.6 Å². The number of nitrogens with zero attached hydrogens (tertiary/aromatic N) is 1. The smallest absolute Gasteiger partial charge is 0.386 e. The lowest BCUT2D eigenvalue weighted by Crippen LogP contribution is -2.38. The summed E-state index contributed by atoms with van der Waals surface area (Å²) in [5.41, 5.74) is -0.538. The Labute approximate surface area is 117 Å². The maximum atomic E-state index is 11.4. The zero-order valence-corrected chi connectivity index (χ0v) is 12.8. The van der Waals surface area contributed by atoms with Gasteiger partial charge in [-0.2, -0.15) is 4.89 Å². The summed E-state index contributed by atoms with van der Waals surface area (Å²) in [5.74, 6) is -0.188. The fraction of sp³-hybridized carbons (Fsp3) is 0.417. The van der Waals surface area contributed by atoms with Crippen molar-refractivity contribution in [1.29, 1.82) is 0 Å². The summed E-state index contributed by atoms with van der Waals surface area (Å²) in [7, 11) is -1.61. The molecule has 0 saturated carbocycles. The molecule has 0 aliphatic rings. The minimum atomic E-state index is -1.61. The Kier molecular flexibility index (Phi) is 5.23. The van der Waals surface area contributed by atoms with Gasteiger partial charge in [-0.05, 0) is 13.0 Å². The van der Waals surface area contributed by atoms with E-state index in [1.807, 2.05) is 19.6 Å². The molecule has 20 heavy (non-hydrogen) atoms. The van der Waals surface area contributed by atoms with Gasteiger partial charge < -0.3 is 4.74 Å². The van der Waals surface area contributed by atoms with E-state index in [1.165, 1.54) is 24.3 Å². The summed E-state index contributed by atoms with van der Waals surface area (Å²) in [5, 5.41) is 10.7. The molecule has 0 aromatic heterocycles. The molecule has 0 bridgehead atoms. The van der Waals surface area contributed by atoms with Gasteiger partial charge in [-0.15, -0.1) is 0 Å². The van der Waals surface area contributed by atoms with Gasteiger partial charge in [-0.3, -0.25) is 15.0 Å². The first-order valence-corrected chi connectivity index (χ1v) is 9.58. The van der Waals surface area contributed by atoms with Gasteiger partial charge in [0.15, 0.2) is 0 Å². The van der Waals surface area contributed by atoms with Gasteiger partial charge in [0.1, 0.15) is 0 Å². The molecule has 0 aliphatic carbocycles. The van der Waals surface area contributed by atoms with Gasteiger partial charge in [0.2, 0.25) is 5.75 Å². The maximum absolute atomic E-state index is 11.4. The Balaban J connectivity index is 2.62. The number of para-hydroxylation sites is 2. The highest BCUT2D eigenvalue weighted by Gasteiger charge is 2.26. The summed E-state index contributed by atoms with van der Waals surface area (Å²) in [6.45, 7) is 7.95. The van der Waals surface area contributed by atoms with E-state index < -0.39 is 19.2 Å². The van der Waals surface area contributed by atoms with Crippen molar-refractivity contribution in [3.8, 4) is 5.75 Å². The van der Waals surface area contributed by atoms with E-state index in [0.29, 0.717) is 0 Å². The van der Waals surface area contributed by atoms with E-state index in [0.717, 1.165) is 0 Å². The van der Waals surface area contributed by atoms with Crippen LogP contribution in [0.3, 0.4) is 0 Å². The fourth-order valence-electron chi connectivity index (χ4n) is 1.06. The summed E-state index contributed by atoms with van der Waals surface area (Å²) in [6, 6.07) is 5.52. The van der Waals surface area contributed by atoms with Crippen LogP contribution in [0.15, 0.2) is 24.3 Å². The third-order valence-corrected chi connectivity index (χ3v) is 5.27. The largest absolute Gasteiger partial charge is 0.546 e. The Hall–Kier alpha value is -1.93. The Morgan fingerprint density at radius 3 is 2.45 bits per heavy atom. The minimum Gasteiger partial charge on any atom is -0.386 e. The molecule has 0 N–H and O–H groups in total. The second-order valence-electron chi connectivity index (χ2n) is 5.26. The standard InChI is InChI=1S/C12H17NO6Si/c1-9(20(2,3)4)18-19-12(14)17-11-8-6-5-7-10(11)13(15)16/h5-9H,1-4H3. The molecule has 110 valence electrons. The van der Waals surface area contributed by atoms with Gasteiger partial charge in [-0.1, -0.05) is 31.8 Å².